The highest BCUT2D eigenvalue weighted by molar-refractivity contribution is 6.35. The van der Waals surface area contributed by atoms with Crippen molar-refractivity contribution in [3.8, 4) is 11.4 Å². The molecule has 0 unspecified atom stereocenters. The quantitative estimate of drug-likeness (QED) is 0.517. The van der Waals surface area contributed by atoms with Gasteiger partial charge in [-0.1, -0.05) is 23.2 Å². The number of hydrogen-bond donors (Lipinski definition) is 0. The van der Waals surface area contributed by atoms with Crippen molar-refractivity contribution in [2.75, 3.05) is 13.1 Å². The Hall–Kier alpha value is -2.15. The number of likely N-dealkylation sites (tertiary alicyclic amines) is 1. The summed E-state index contributed by atoms with van der Waals surface area (Å²) in [6.07, 6.45) is 2.77. The number of ether oxygens (including phenoxy) is 1. The van der Waals surface area contributed by atoms with Crippen LogP contribution >= 0.6 is 23.2 Å². The third-order valence-electron chi connectivity index (χ3n) is 6.29. The van der Waals surface area contributed by atoms with Crippen LogP contribution in [-0.2, 0) is 6.42 Å². The van der Waals surface area contributed by atoms with E-state index in [0.717, 1.165) is 43.5 Å². The lowest BCUT2D eigenvalue weighted by molar-refractivity contribution is 0.0906. The summed E-state index contributed by atoms with van der Waals surface area (Å²) in [4.78, 5) is 2.42. The van der Waals surface area contributed by atoms with Crippen LogP contribution < -0.4 is 4.74 Å². The molecule has 0 amide bonds. The van der Waals surface area contributed by atoms with Crippen molar-refractivity contribution in [1.29, 1.82) is 0 Å². The summed E-state index contributed by atoms with van der Waals surface area (Å²) in [6, 6.07) is 8.74. The Bertz CT molecular complexity index is 1120. The second-order valence-corrected chi connectivity index (χ2v) is 9.10. The van der Waals surface area contributed by atoms with Crippen LogP contribution in [-0.4, -0.2) is 38.8 Å². The molecule has 0 radical (unpaired) electrons. The average molecular weight is 461 g/mol. The van der Waals surface area contributed by atoms with Crippen LogP contribution in [0.3, 0.4) is 0 Å². The molecule has 0 saturated carbocycles. The summed E-state index contributed by atoms with van der Waals surface area (Å²) in [6.45, 7) is 5.70. The van der Waals surface area contributed by atoms with Crippen molar-refractivity contribution in [2.45, 2.75) is 45.3 Å². The maximum absolute atomic E-state index is 15.2. The van der Waals surface area contributed by atoms with E-state index in [9.17, 15) is 0 Å². The molecule has 2 aromatic carbocycles. The number of aryl methyl sites for hydroxylation is 2. The Morgan fingerprint density at radius 3 is 2.42 bits per heavy atom. The molecule has 0 spiro atoms. The lowest BCUT2D eigenvalue weighted by atomic mass is 10.1. The Labute approximate surface area is 190 Å². The van der Waals surface area contributed by atoms with Gasteiger partial charge in [0.2, 0.25) is 0 Å². The molecule has 2 aliphatic rings. The highest BCUT2D eigenvalue weighted by atomic mass is 35.5. The second kappa shape index (κ2) is 8.08. The monoisotopic (exact) mass is 460 g/mol. The zero-order valence-electron chi connectivity index (χ0n) is 17.4. The minimum atomic E-state index is -0.424. The van der Waals surface area contributed by atoms with Crippen LogP contribution in [0.15, 0.2) is 30.3 Å². The number of rotatable bonds is 4. The molecule has 3 aromatic rings. The molecule has 162 valence electrons. The van der Waals surface area contributed by atoms with E-state index >= 15 is 4.39 Å². The first-order valence-corrected chi connectivity index (χ1v) is 11.2. The Morgan fingerprint density at radius 1 is 1.03 bits per heavy atom. The van der Waals surface area contributed by atoms with Gasteiger partial charge in [-0.25, -0.2) is 4.39 Å². The number of fused-ring (bicyclic) bond motifs is 1. The van der Waals surface area contributed by atoms with E-state index in [1.165, 1.54) is 6.07 Å². The summed E-state index contributed by atoms with van der Waals surface area (Å²) in [5.41, 5.74) is 2.66. The van der Waals surface area contributed by atoms with Crippen LogP contribution in [0.5, 0.6) is 5.75 Å². The minimum Gasteiger partial charge on any atom is -0.481 e. The van der Waals surface area contributed by atoms with Gasteiger partial charge in [-0.15, -0.1) is 10.2 Å². The Balaban J connectivity index is 1.50. The van der Waals surface area contributed by atoms with Crippen LogP contribution in [0, 0.1) is 19.7 Å². The molecule has 1 saturated heterocycles. The maximum Gasteiger partial charge on any atom is 0.167 e. The normalized spacial score (nSPS) is 20.9. The highest BCUT2D eigenvalue weighted by Crippen LogP contribution is 2.43. The zero-order valence-corrected chi connectivity index (χ0v) is 18.9. The molecule has 0 bridgehead atoms. The predicted octanol–water partition coefficient (Wildman–Crippen LogP) is 5.47. The van der Waals surface area contributed by atoms with E-state index < -0.39 is 5.82 Å². The molecule has 1 aliphatic heterocycles. The summed E-state index contributed by atoms with van der Waals surface area (Å²) in [5, 5.41) is 9.31. The van der Waals surface area contributed by atoms with Crippen molar-refractivity contribution in [3.63, 3.8) is 0 Å². The van der Waals surface area contributed by atoms with Crippen molar-refractivity contribution in [2.24, 2.45) is 0 Å². The molecule has 0 N–H and O–H groups in total. The number of nitrogens with zero attached hydrogens (tertiary/aromatic N) is 4. The molecule has 1 aliphatic carbocycles. The third-order valence-corrected chi connectivity index (χ3v) is 6.84. The van der Waals surface area contributed by atoms with Crippen molar-refractivity contribution in [1.82, 2.24) is 19.7 Å². The summed E-state index contributed by atoms with van der Waals surface area (Å²) in [7, 11) is 0. The highest BCUT2D eigenvalue weighted by Gasteiger charge is 2.40. The third kappa shape index (κ3) is 3.71. The molecule has 1 fully saturated rings. The molecule has 5 rings (SSSR count). The topological polar surface area (TPSA) is 43.2 Å². The molecule has 2 atom stereocenters. The summed E-state index contributed by atoms with van der Waals surface area (Å²) >= 11 is 12.8. The van der Waals surface area contributed by atoms with E-state index in [1.807, 2.05) is 30.5 Å². The van der Waals surface area contributed by atoms with Crippen LogP contribution in [0.1, 0.15) is 41.7 Å². The first kappa shape index (κ1) is 20.7. The maximum atomic E-state index is 15.2. The number of halogens is 3. The molecule has 2 heterocycles. The van der Waals surface area contributed by atoms with Crippen LogP contribution in [0.4, 0.5) is 4.39 Å². The number of benzene rings is 2. The molecule has 8 heteroatoms. The molecule has 1 aromatic heterocycles. The van der Waals surface area contributed by atoms with Gasteiger partial charge >= 0.3 is 0 Å². The van der Waals surface area contributed by atoms with Crippen molar-refractivity contribution < 1.29 is 9.13 Å². The SMILES string of the molecule is Cc1nnc(C)n1-c1ccc(O[C@H]2c3cc(Cl)cc(Cl)c3C[C@@H]2N2CCCC2)c(F)c1. The second-order valence-electron chi connectivity index (χ2n) is 8.25. The van der Waals surface area contributed by atoms with E-state index in [0.29, 0.717) is 27.4 Å². The first-order chi connectivity index (χ1) is 14.9. The van der Waals surface area contributed by atoms with Gasteiger partial charge in [-0.05, 0) is 76.0 Å². The van der Waals surface area contributed by atoms with E-state index in [1.54, 1.807) is 12.1 Å². The lowest BCUT2D eigenvalue weighted by Gasteiger charge is -2.30. The smallest absolute Gasteiger partial charge is 0.167 e. The molecular formula is C23H23Cl2FN4O. The van der Waals surface area contributed by atoms with Gasteiger partial charge in [0, 0.05) is 21.7 Å². The van der Waals surface area contributed by atoms with Crippen LogP contribution in [0.25, 0.3) is 5.69 Å². The predicted molar refractivity (Wildman–Crippen MR) is 119 cm³/mol. The van der Waals surface area contributed by atoms with Crippen LogP contribution in [0.2, 0.25) is 10.0 Å². The molecular weight excluding hydrogens is 438 g/mol. The zero-order chi connectivity index (χ0) is 21.7. The average Bonchev–Trinajstić information content (AvgIpc) is 3.44. The van der Waals surface area contributed by atoms with Gasteiger partial charge in [0.25, 0.3) is 0 Å². The fourth-order valence-electron chi connectivity index (χ4n) is 4.86. The largest absolute Gasteiger partial charge is 0.481 e. The van der Waals surface area contributed by atoms with Gasteiger partial charge in [-0.3, -0.25) is 9.47 Å². The fourth-order valence-corrected chi connectivity index (χ4v) is 5.44. The van der Waals surface area contributed by atoms with E-state index in [4.69, 9.17) is 27.9 Å². The molecule has 5 nitrogen and oxygen atoms in total. The summed E-state index contributed by atoms with van der Waals surface area (Å²) < 4.78 is 23.3. The number of aromatic nitrogens is 3. The fraction of sp³-hybridized carbons (Fsp3) is 0.391. The summed E-state index contributed by atoms with van der Waals surface area (Å²) in [5.74, 6) is 1.19. The van der Waals surface area contributed by atoms with E-state index in [2.05, 4.69) is 15.1 Å². The van der Waals surface area contributed by atoms with Gasteiger partial charge < -0.3 is 4.74 Å². The van der Waals surface area contributed by atoms with Crippen molar-refractivity contribution >= 4 is 23.2 Å². The van der Waals surface area contributed by atoms with Gasteiger partial charge in [0.1, 0.15) is 17.8 Å². The molecule has 31 heavy (non-hydrogen) atoms. The van der Waals surface area contributed by atoms with E-state index in [-0.39, 0.29) is 17.9 Å². The minimum absolute atomic E-state index is 0.106. The number of hydrogen-bond acceptors (Lipinski definition) is 4. The lowest BCUT2D eigenvalue weighted by Crippen LogP contribution is -2.38. The van der Waals surface area contributed by atoms with Gasteiger partial charge in [-0.2, -0.15) is 0 Å². The first-order valence-electron chi connectivity index (χ1n) is 10.5. The Kier molecular flexibility index (Phi) is 5.40. The Morgan fingerprint density at radius 2 is 1.74 bits per heavy atom. The van der Waals surface area contributed by atoms with Gasteiger partial charge in [0.15, 0.2) is 11.6 Å². The van der Waals surface area contributed by atoms with Crippen molar-refractivity contribution in [3.05, 3.63) is 69.0 Å². The van der Waals surface area contributed by atoms with Gasteiger partial charge in [0.05, 0.1) is 11.7 Å². The standard InChI is InChI=1S/C23H23Cl2FN4O/c1-13-27-28-14(2)30(13)16-5-6-22(20(26)11-16)31-23-18-9-15(24)10-19(25)17(18)12-21(23)29-7-3-4-8-29/h5-6,9-11,21,23H,3-4,7-8,12H2,1-2H3/t21-,23-/m0/s1.